The van der Waals surface area contributed by atoms with Gasteiger partial charge in [0.05, 0.1) is 11.1 Å². The van der Waals surface area contributed by atoms with Crippen molar-refractivity contribution in [2.24, 2.45) is 5.41 Å². The average Bonchev–Trinajstić information content (AvgIpc) is 2.63. The molecule has 2 fully saturated rings. The van der Waals surface area contributed by atoms with E-state index >= 15 is 0 Å². The van der Waals surface area contributed by atoms with Gasteiger partial charge < -0.3 is 5.11 Å². The van der Waals surface area contributed by atoms with Gasteiger partial charge in [-0.25, -0.2) is 4.90 Å². The third-order valence-corrected chi connectivity index (χ3v) is 4.33. The quantitative estimate of drug-likeness (QED) is 0.789. The zero-order valence-electron chi connectivity index (χ0n) is 10.8. The van der Waals surface area contributed by atoms with Gasteiger partial charge in [0, 0.05) is 6.42 Å². The lowest BCUT2D eigenvalue weighted by atomic mass is 9.73. The molecule has 1 aliphatic heterocycles. The molecule has 1 saturated heterocycles. The first-order chi connectivity index (χ1) is 9.14. The maximum atomic E-state index is 12.6. The number of anilines is 1. The molecule has 2 aliphatic rings. The third kappa shape index (κ3) is 1.82. The van der Waals surface area contributed by atoms with E-state index in [0.29, 0.717) is 12.1 Å². The van der Waals surface area contributed by atoms with E-state index in [1.807, 2.05) is 0 Å². The van der Waals surface area contributed by atoms with Crippen molar-refractivity contribution in [2.45, 2.75) is 38.5 Å². The smallest absolute Gasteiger partial charge is 0.240 e. The fourth-order valence-corrected chi connectivity index (χ4v) is 3.31. The Bertz CT molecular complexity index is 532. The van der Waals surface area contributed by atoms with E-state index in [1.54, 1.807) is 18.2 Å². The summed E-state index contributed by atoms with van der Waals surface area (Å²) >= 11 is 0. The molecular formula is C15H17NO3. The molecule has 100 valence electrons. The molecule has 1 aromatic carbocycles. The van der Waals surface area contributed by atoms with E-state index in [2.05, 4.69) is 0 Å². The summed E-state index contributed by atoms with van der Waals surface area (Å²) in [7, 11) is 0. The van der Waals surface area contributed by atoms with Crippen LogP contribution in [-0.2, 0) is 9.59 Å². The number of phenols is 1. The maximum absolute atomic E-state index is 12.6. The molecule has 1 aromatic rings. The van der Waals surface area contributed by atoms with Crippen molar-refractivity contribution in [1.82, 2.24) is 0 Å². The highest BCUT2D eigenvalue weighted by atomic mass is 16.3. The van der Waals surface area contributed by atoms with E-state index in [-0.39, 0.29) is 17.6 Å². The van der Waals surface area contributed by atoms with Gasteiger partial charge in [0.2, 0.25) is 11.8 Å². The molecular weight excluding hydrogens is 242 g/mol. The molecule has 1 spiro atoms. The molecule has 1 saturated carbocycles. The second kappa shape index (κ2) is 4.37. The van der Waals surface area contributed by atoms with Crippen molar-refractivity contribution >= 4 is 17.5 Å². The van der Waals surface area contributed by atoms with Crippen LogP contribution in [0.25, 0.3) is 0 Å². The zero-order valence-corrected chi connectivity index (χ0v) is 10.8. The maximum Gasteiger partial charge on any atom is 0.240 e. The number of phenolic OH excluding ortho intramolecular Hbond substituents is 1. The first-order valence-corrected chi connectivity index (χ1v) is 6.79. The van der Waals surface area contributed by atoms with Gasteiger partial charge in [-0.1, -0.05) is 31.4 Å². The van der Waals surface area contributed by atoms with Gasteiger partial charge in [-0.2, -0.15) is 0 Å². The first-order valence-electron chi connectivity index (χ1n) is 6.79. The predicted molar refractivity (Wildman–Crippen MR) is 70.7 cm³/mol. The summed E-state index contributed by atoms with van der Waals surface area (Å²) in [5, 5.41) is 9.85. The van der Waals surface area contributed by atoms with Crippen molar-refractivity contribution in [1.29, 1.82) is 0 Å². The Morgan fingerprint density at radius 2 is 1.74 bits per heavy atom. The number of carbonyl (C=O) groups is 2. The lowest BCUT2D eigenvalue weighted by Gasteiger charge is -2.30. The van der Waals surface area contributed by atoms with Gasteiger partial charge >= 0.3 is 0 Å². The monoisotopic (exact) mass is 259 g/mol. The van der Waals surface area contributed by atoms with E-state index < -0.39 is 5.41 Å². The topological polar surface area (TPSA) is 57.6 Å². The van der Waals surface area contributed by atoms with E-state index in [0.717, 1.165) is 32.1 Å². The molecule has 3 rings (SSSR count). The number of hydrogen-bond donors (Lipinski definition) is 1. The Labute approximate surface area is 112 Å². The first kappa shape index (κ1) is 12.2. The van der Waals surface area contributed by atoms with E-state index in [9.17, 15) is 14.7 Å². The third-order valence-electron chi connectivity index (χ3n) is 4.33. The molecule has 4 heteroatoms. The summed E-state index contributed by atoms with van der Waals surface area (Å²) in [6.07, 6.45) is 5.03. The molecule has 4 nitrogen and oxygen atoms in total. The van der Waals surface area contributed by atoms with Crippen LogP contribution in [0, 0.1) is 5.41 Å². The number of aromatic hydroxyl groups is 1. The van der Waals surface area contributed by atoms with Gasteiger partial charge in [-0.05, 0) is 25.0 Å². The highest BCUT2D eigenvalue weighted by Gasteiger charge is 2.52. The van der Waals surface area contributed by atoms with Gasteiger partial charge in [-0.15, -0.1) is 0 Å². The summed E-state index contributed by atoms with van der Waals surface area (Å²) in [5.74, 6) is -0.329. The van der Waals surface area contributed by atoms with Gasteiger partial charge in [0.25, 0.3) is 0 Å². The highest BCUT2D eigenvalue weighted by Crippen LogP contribution is 2.47. The highest BCUT2D eigenvalue weighted by molar-refractivity contribution is 6.23. The molecule has 1 N–H and O–H groups in total. The normalized spacial score (nSPS) is 22.2. The van der Waals surface area contributed by atoms with Crippen molar-refractivity contribution in [2.75, 3.05) is 4.90 Å². The van der Waals surface area contributed by atoms with Crippen LogP contribution in [0.4, 0.5) is 5.69 Å². The molecule has 19 heavy (non-hydrogen) atoms. The largest absolute Gasteiger partial charge is 0.506 e. The lowest BCUT2D eigenvalue weighted by molar-refractivity contribution is -0.127. The summed E-state index contributed by atoms with van der Waals surface area (Å²) in [5.41, 5.74) is -0.183. The van der Waals surface area contributed by atoms with Crippen LogP contribution in [0.15, 0.2) is 24.3 Å². The molecule has 0 unspecified atom stereocenters. The number of carbonyl (C=O) groups excluding carboxylic acids is 2. The molecule has 0 bridgehead atoms. The molecule has 0 aromatic heterocycles. The van der Waals surface area contributed by atoms with Crippen molar-refractivity contribution < 1.29 is 14.7 Å². The summed E-state index contributed by atoms with van der Waals surface area (Å²) in [4.78, 5) is 26.0. The van der Waals surface area contributed by atoms with Gasteiger partial charge in [-0.3, -0.25) is 9.59 Å². The molecule has 1 aliphatic carbocycles. The molecule has 2 amide bonds. The Balaban J connectivity index is 1.98. The second-order valence-corrected chi connectivity index (χ2v) is 5.54. The van der Waals surface area contributed by atoms with E-state index in [1.165, 1.54) is 11.0 Å². The van der Waals surface area contributed by atoms with Crippen LogP contribution in [0.5, 0.6) is 5.75 Å². The molecule has 0 radical (unpaired) electrons. The summed E-state index contributed by atoms with van der Waals surface area (Å²) in [6.45, 7) is 0. The fraction of sp³-hybridized carbons (Fsp3) is 0.467. The lowest BCUT2D eigenvalue weighted by Crippen LogP contribution is -2.36. The Hall–Kier alpha value is -1.84. The average molecular weight is 259 g/mol. The van der Waals surface area contributed by atoms with Crippen LogP contribution in [-0.4, -0.2) is 16.9 Å². The number of rotatable bonds is 1. The van der Waals surface area contributed by atoms with Crippen LogP contribution >= 0.6 is 0 Å². The molecule has 1 heterocycles. The zero-order chi connectivity index (χ0) is 13.5. The van der Waals surface area contributed by atoms with Crippen LogP contribution in [0.1, 0.15) is 38.5 Å². The predicted octanol–water partition coefficient (Wildman–Crippen LogP) is 2.61. The van der Waals surface area contributed by atoms with Crippen LogP contribution in [0.2, 0.25) is 0 Å². The number of hydrogen-bond acceptors (Lipinski definition) is 3. The number of amides is 2. The summed E-state index contributed by atoms with van der Waals surface area (Å²) < 4.78 is 0. The number of nitrogens with zero attached hydrogens (tertiary/aromatic N) is 1. The van der Waals surface area contributed by atoms with Crippen LogP contribution in [0.3, 0.4) is 0 Å². The minimum Gasteiger partial charge on any atom is -0.506 e. The number of imide groups is 1. The van der Waals surface area contributed by atoms with Gasteiger partial charge in [0.1, 0.15) is 5.75 Å². The number of para-hydroxylation sites is 2. The van der Waals surface area contributed by atoms with Crippen molar-refractivity contribution in [3.8, 4) is 5.75 Å². The second-order valence-electron chi connectivity index (χ2n) is 5.54. The van der Waals surface area contributed by atoms with Crippen molar-refractivity contribution in [3.63, 3.8) is 0 Å². The minimum absolute atomic E-state index is 0.0166. The molecule has 0 atom stereocenters. The van der Waals surface area contributed by atoms with Crippen molar-refractivity contribution in [3.05, 3.63) is 24.3 Å². The summed E-state index contributed by atoms with van der Waals surface area (Å²) in [6, 6.07) is 6.52. The Morgan fingerprint density at radius 3 is 2.42 bits per heavy atom. The number of benzene rings is 1. The Morgan fingerprint density at radius 1 is 1.05 bits per heavy atom. The van der Waals surface area contributed by atoms with Gasteiger partial charge in [0.15, 0.2) is 0 Å². The van der Waals surface area contributed by atoms with Crippen LogP contribution < -0.4 is 4.90 Å². The standard InChI is InChI=1S/C15H17NO3/c17-12-7-3-2-6-11(12)16-13(18)10-15(14(16)19)8-4-1-5-9-15/h2-3,6-7,17H,1,4-5,8-10H2. The fourth-order valence-electron chi connectivity index (χ4n) is 3.31. The minimum atomic E-state index is -0.502. The SMILES string of the molecule is O=C1CC2(CCCCC2)C(=O)N1c1ccccc1O. The Kier molecular flexibility index (Phi) is 2.81. The van der Waals surface area contributed by atoms with E-state index in [4.69, 9.17) is 0 Å².